The van der Waals surface area contributed by atoms with E-state index in [0.717, 1.165) is 31.6 Å². The summed E-state index contributed by atoms with van der Waals surface area (Å²) in [6.45, 7) is 4.45. The van der Waals surface area contributed by atoms with Gasteiger partial charge in [-0.05, 0) is 51.9 Å². The highest BCUT2D eigenvalue weighted by Gasteiger charge is 2.23. The molecule has 0 unspecified atom stereocenters. The van der Waals surface area contributed by atoms with E-state index in [-0.39, 0.29) is 12.1 Å². The maximum Gasteiger partial charge on any atom is 0.409 e. The Morgan fingerprint density at radius 3 is 2.93 bits per heavy atom. The maximum atomic E-state index is 11.8. The van der Waals surface area contributed by atoms with Crippen molar-refractivity contribution in [2.24, 2.45) is 0 Å². The molecular formula is C19H30N6O2. The summed E-state index contributed by atoms with van der Waals surface area (Å²) in [5.41, 5.74) is 1.53. The van der Waals surface area contributed by atoms with Gasteiger partial charge in [-0.3, -0.25) is 0 Å². The number of ether oxygens (including phenoxy) is 1. The highest BCUT2D eigenvalue weighted by atomic mass is 16.6. The Kier molecular flexibility index (Phi) is 7.24. The normalized spacial score (nSPS) is 18.0. The van der Waals surface area contributed by atoms with Crippen LogP contribution < -0.4 is 10.6 Å². The van der Waals surface area contributed by atoms with E-state index >= 15 is 0 Å². The van der Waals surface area contributed by atoms with Crippen LogP contribution in [-0.2, 0) is 4.74 Å². The van der Waals surface area contributed by atoms with Gasteiger partial charge in [0.25, 0.3) is 0 Å². The second-order valence-electron chi connectivity index (χ2n) is 7.05. The van der Waals surface area contributed by atoms with E-state index in [2.05, 4.69) is 31.9 Å². The molecule has 1 fully saturated rings. The molecule has 0 bridgehead atoms. The van der Waals surface area contributed by atoms with Gasteiger partial charge in [0.05, 0.1) is 12.8 Å². The van der Waals surface area contributed by atoms with E-state index in [1.54, 1.807) is 11.1 Å². The molecule has 1 aromatic rings. The zero-order valence-corrected chi connectivity index (χ0v) is 16.1. The van der Waals surface area contributed by atoms with Gasteiger partial charge in [0.1, 0.15) is 0 Å². The predicted molar refractivity (Wildman–Crippen MR) is 105 cm³/mol. The van der Waals surface area contributed by atoms with Gasteiger partial charge in [0.2, 0.25) is 5.95 Å². The fourth-order valence-electron chi connectivity index (χ4n) is 3.54. The number of hydrogen-bond acceptors (Lipinski definition) is 7. The number of anilines is 2. The third kappa shape index (κ3) is 6.08. The summed E-state index contributed by atoms with van der Waals surface area (Å²) in [5.74, 6) is 1.28. The Morgan fingerprint density at radius 2 is 2.19 bits per heavy atom. The minimum absolute atomic E-state index is 0.223. The zero-order valence-electron chi connectivity index (χ0n) is 16.1. The number of amides is 1. The monoisotopic (exact) mass is 374 g/mol. The molecular weight excluding hydrogens is 344 g/mol. The van der Waals surface area contributed by atoms with Crippen molar-refractivity contribution in [3.8, 4) is 0 Å². The number of allylic oxidation sites excluding steroid dienone is 1. The molecule has 8 nitrogen and oxygen atoms in total. The summed E-state index contributed by atoms with van der Waals surface area (Å²) < 4.78 is 5.06. The highest BCUT2D eigenvalue weighted by molar-refractivity contribution is 5.67. The summed E-state index contributed by atoms with van der Waals surface area (Å²) in [7, 11) is 0. The summed E-state index contributed by atoms with van der Waals surface area (Å²) in [4.78, 5) is 18.0. The molecule has 1 saturated heterocycles. The Labute approximate surface area is 160 Å². The molecule has 0 spiro atoms. The van der Waals surface area contributed by atoms with E-state index in [4.69, 9.17) is 4.74 Å². The molecule has 0 atom stereocenters. The summed E-state index contributed by atoms with van der Waals surface area (Å²) in [6.07, 6.45) is 11.6. The number of carbonyl (C=O) groups excluding carboxylic acids is 1. The van der Waals surface area contributed by atoms with Crippen molar-refractivity contribution >= 4 is 17.9 Å². The Bertz CT molecular complexity index is 643. The van der Waals surface area contributed by atoms with Gasteiger partial charge in [-0.1, -0.05) is 11.6 Å². The van der Waals surface area contributed by atoms with Gasteiger partial charge in [0, 0.05) is 25.7 Å². The maximum absolute atomic E-state index is 11.8. The zero-order chi connectivity index (χ0) is 18.9. The minimum Gasteiger partial charge on any atom is -0.450 e. The first-order valence-corrected chi connectivity index (χ1v) is 10.0. The Hall–Kier alpha value is -2.38. The van der Waals surface area contributed by atoms with Crippen LogP contribution in [0.2, 0.25) is 0 Å². The van der Waals surface area contributed by atoms with Crippen LogP contribution >= 0.6 is 0 Å². The third-order valence-electron chi connectivity index (χ3n) is 5.05. The van der Waals surface area contributed by atoms with Crippen LogP contribution in [0.15, 0.2) is 17.8 Å². The van der Waals surface area contributed by atoms with Crippen molar-refractivity contribution < 1.29 is 9.53 Å². The lowest BCUT2D eigenvalue weighted by molar-refractivity contribution is 0.0983. The van der Waals surface area contributed by atoms with E-state index in [1.165, 1.54) is 31.3 Å². The fourth-order valence-corrected chi connectivity index (χ4v) is 3.54. The smallest absolute Gasteiger partial charge is 0.409 e. The average Bonchev–Trinajstić information content (AvgIpc) is 2.70. The van der Waals surface area contributed by atoms with Crippen LogP contribution in [0.25, 0.3) is 0 Å². The number of nitrogens with zero attached hydrogens (tertiary/aromatic N) is 4. The van der Waals surface area contributed by atoms with Crippen molar-refractivity contribution in [2.45, 2.75) is 57.9 Å². The van der Waals surface area contributed by atoms with E-state index in [1.807, 2.05) is 6.92 Å². The van der Waals surface area contributed by atoms with Crippen molar-refractivity contribution in [3.63, 3.8) is 0 Å². The molecule has 8 heteroatoms. The number of carbonyl (C=O) groups is 1. The molecule has 148 valence electrons. The van der Waals surface area contributed by atoms with Crippen LogP contribution in [0.1, 0.15) is 51.9 Å². The van der Waals surface area contributed by atoms with Crippen molar-refractivity contribution in [2.75, 3.05) is 36.9 Å². The standard InChI is InChI=1S/C19H30N6O2/c1-2-27-19(26)25-12-9-16(10-13-25)22-17-14-21-24-18(23-17)20-11-8-15-6-4-3-5-7-15/h6,14,16H,2-5,7-13H2,1H3,(H2,20,22,23,24). The van der Waals surface area contributed by atoms with Gasteiger partial charge < -0.3 is 20.3 Å². The molecule has 0 radical (unpaired) electrons. The summed E-state index contributed by atoms with van der Waals surface area (Å²) in [5, 5.41) is 14.8. The summed E-state index contributed by atoms with van der Waals surface area (Å²) in [6, 6.07) is 0.271. The first kappa shape index (κ1) is 19.4. The number of hydrogen-bond donors (Lipinski definition) is 2. The van der Waals surface area contributed by atoms with Gasteiger partial charge in [-0.2, -0.15) is 10.1 Å². The van der Waals surface area contributed by atoms with Crippen molar-refractivity contribution in [1.29, 1.82) is 0 Å². The van der Waals surface area contributed by atoms with Gasteiger partial charge in [-0.15, -0.1) is 5.10 Å². The Morgan fingerprint density at radius 1 is 1.33 bits per heavy atom. The van der Waals surface area contributed by atoms with E-state index < -0.39 is 0 Å². The lowest BCUT2D eigenvalue weighted by Gasteiger charge is -2.31. The largest absolute Gasteiger partial charge is 0.450 e. The van der Waals surface area contributed by atoms with Crippen molar-refractivity contribution in [3.05, 3.63) is 17.8 Å². The number of likely N-dealkylation sites (tertiary alicyclic amines) is 1. The van der Waals surface area contributed by atoms with Gasteiger partial charge in [-0.25, -0.2) is 4.79 Å². The van der Waals surface area contributed by atoms with Gasteiger partial charge in [0.15, 0.2) is 5.82 Å². The molecule has 27 heavy (non-hydrogen) atoms. The Balaban J connectivity index is 1.42. The molecule has 1 aliphatic carbocycles. The number of aromatic nitrogens is 3. The second kappa shape index (κ2) is 10.1. The SMILES string of the molecule is CCOC(=O)N1CCC(Nc2cnnc(NCCC3=CCCCC3)n2)CC1. The first-order valence-electron chi connectivity index (χ1n) is 10.0. The molecule has 1 amide bonds. The molecule has 2 aliphatic rings. The number of nitrogens with one attached hydrogen (secondary N) is 2. The lowest BCUT2D eigenvalue weighted by Crippen LogP contribution is -2.42. The van der Waals surface area contributed by atoms with E-state index in [9.17, 15) is 4.79 Å². The van der Waals surface area contributed by atoms with Crippen LogP contribution in [0.4, 0.5) is 16.6 Å². The number of rotatable bonds is 7. The van der Waals surface area contributed by atoms with E-state index in [0.29, 0.717) is 25.6 Å². The topological polar surface area (TPSA) is 92.3 Å². The molecule has 2 heterocycles. The average molecular weight is 374 g/mol. The minimum atomic E-state index is -0.223. The predicted octanol–water partition coefficient (Wildman–Crippen LogP) is 3.21. The van der Waals surface area contributed by atoms with Crippen LogP contribution in [-0.4, -0.2) is 58.5 Å². The first-order chi connectivity index (χ1) is 13.2. The molecule has 1 aliphatic heterocycles. The van der Waals surface area contributed by atoms with Crippen LogP contribution in [0.5, 0.6) is 0 Å². The quantitative estimate of drug-likeness (QED) is 0.708. The van der Waals surface area contributed by atoms with Crippen molar-refractivity contribution in [1.82, 2.24) is 20.1 Å². The molecule has 3 rings (SSSR count). The third-order valence-corrected chi connectivity index (χ3v) is 5.05. The lowest BCUT2D eigenvalue weighted by atomic mass is 9.97. The molecule has 2 N–H and O–H groups in total. The highest BCUT2D eigenvalue weighted by Crippen LogP contribution is 2.20. The second-order valence-corrected chi connectivity index (χ2v) is 7.05. The van der Waals surface area contributed by atoms with Gasteiger partial charge >= 0.3 is 6.09 Å². The van der Waals surface area contributed by atoms with Crippen LogP contribution in [0.3, 0.4) is 0 Å². The molecule has 1 aromatic heterocycles. The molecule has 0 saturated carbocycles. The molecule has 0 aromatic carbocycles. The summed E-state index contributed by atoms with van der Waals surface area (Å²) >= 11 is 0. The number of piperidine rings is 1. The van der Waals surface area contributed by atoms with Crippen LogP contribution in [0, 0.1) is 0 Å². The fraction of sp³-hybridized carbons (Fsp3) is 0.684.